The van der Waals surface area contributed by atoms with Crippen LogP contribution < -0.4 is 14.8 Å². The number of hydrogen-bond donors (Lipinski definition) is 1. The zero-order valence-corrected chi connectivity index (χ0v) is 17.5. The number of nitrogens with zero attached hydrogens (tertiary/aromatic N) is 1. The van der Waals surface area contributed by atoms with Crippen LogP contribution in [-0.2, 0) is 22.6 Å². The van der Waals surface area contributed by atoms with Crippen LogP contribution in [0, 0.1) is 0 Å². The Morgan fingerprint density at radius 1 is 0.903 bits per heavy atom. The first-order valence-corrected chi connectivity index (χ1v) is 10.2. The fourth-order valence-corrected chi connectivity index (χ4v) is 3.40. The molecule has 0 saturated carbocycles. The van der Waals surface area contributed by atoms with E-state index >= 15 is 0 Å². The molecule has 1 aliphatic rings. The maximum Gasteiger partial charge on any atom is 0.244 e. The van der Waals surface area contributed by atoms with E-state index in [4.69, 9.17) is 21.1 Å². The van der Waals surface area contributed by atoms with Crippen LogP contribution >= 0.6 is 11.6 Å². The highest BCUT2D eigenvalue weighted by atomic mass is 35.5. The number of halogens is 1. The lowest BCUT2D eigenvalue weighted by Crippen LogP contribution is -2.38. The Bertz CT molecular complexity index is 1070. The molecule has 0 aliphatic carbocycles. The molecule has 1 N–H and O–H groups in total. The zero-order chi connectivity index (χ0) is 21.6. The van der Waals surface area contributed by atoms with Gasteiger partial charge in [-0.1, -0.05) is 54.1 Å². The third-order valence-corrected chi connectivity index (χ3v) is 5.08. The number of amides is 2. The van der Waals surface area contributed by atoms with Gasteiger partial charge in [-0.2, -0.15) is 0 Å². The van der Waals surface area contributed by atoms with Crippen molar-refractivity contribution in [3.05, 3.63) is 88.9 Å². The Morgan fingerprint density at radius 3 is 2.42 bits per heavy atom. The second kappa shape index (κ2) is 9.53. The fraction of sp³-hybridized carbons (Fsp3) is 0.167. The first-order chi connectivity index (χ1) is 15.1. The Morgan fingerprint density at radius 2 is 1.65 bits per heavy atom. The average molecular weight is 437 g/mol. The van der Waals surface area contributed by atoms with Gasteiger partial charge >= 0.3 is 0 Å². The third-order valence-electron chi connectivity index (χ3n) is 4.83. The van der Waals surface area contributed by atoms with E-state index in [1.165, 1.54) is 0 Å². The molecule has 1 heterocycles. The number of rotatable bonds is 7. The van der Waals surface area contributed by atoms with Crippen molar-refractivity contribution in [1.29, 1.82) is 0 Å². The van der Waals surface area contributed by atoms with Gasteiger partial charge in [-0.05, 0) is 35.4 Å². The minimum atomic E-state index is -0.297. The van der Waals surface area contributed by atoms with Crippen molar-refractivity contribution in [2.45, 2.75) is 13.0 Å². The predicted octanol–water partition coefficient (Wildman–Crippen LogP) is 4.28. The van der Waals surface area contributed by atoms with Crippen LogP contribution in [0.3, 0.4) is 0 Å². The molecule has 31 heavy (non-hydrogen) atoms. The molecule has 6 nitrogen and oxygen atoms in total. The molecule has 0 aromatic heterocycles. The summed E-state index contributed by atoms with van der Waals surface area (Å²) in [5, 5.41) is 3.44. The number of carbonyl (C=O) groups excluding carboxylic acids is 2. The topological polar surface area (TPSA) is 67.9 Å². The van der Waals surface area contributed by atoms with E-state index in [1.54, 1.807) is 35.2 Å². The highest BCUT2D eigenvalue weighted by Crippen LogP contribution is 2.34. The first-order valence-electron chi connectivity index (χ1n) is 9.82. The second-order valence-corrected chi connectivity index (χ2v) is 7.59. The van der Waals surface area contributed by atoms with Crippen molar-refractivity contribution in [2.24, 2.45) is 0 Å². The molecule has 0 spiro atoms. The summed E-state index contributed by atoms with van der Waals surface area (Å²) in [7, 11) is 0. The number of nitrogens with one attached hydrogen (secondary N) is 1. The van der Waals surface area contributed by atoms with Gasteiger partial charge in [0.15, 0.2) is 11.5 Å². The van der Waals surface area contributed by atoms with Gasteiger partial charge in [0.2, 0.25) is 18.6 Å². The lowest BCUT2D eigenvalue weighted by Gasteiger charge is -2.23. The normalized spacial score (nSPS) is 11.8. The molecule has 7 heteroatoms. The van der Waals surface area contributed by atoms with E-state index in [9.17, 15) is 9.59 Å². The lowest BCUT2D eigenvalue weighted by atomic mass is 10.1. The van der Waals surface area contributed by atoms with Crippen molar-refractivity contribution in [2.75, 3.05) is 18.7 Å². The molecule has 0 bridgehead atoms. The molecule has 3 aromatic carbocycles. The van der Waals surface area contributed by atoms with Gasteiger partial charge in [-0.3, -0.25) is 9.59 Å². The molecule has 4 rings (SSSR count). The number of carbonyl (C=O) groups is 2. The van der Waals surface area contributed by atoms with Crippen LogP contribution in [0.25, 0.3) is 0 Å². The molecule has 0 radical (unpaired) electrons. The van der Waals surface area contributed by atoms with Crippen LogP contribution in [0.5, 0.6) is 11.5 Å². The van der Waals surface area contributed by atoms with Gasteiger partial charge in [0.1, 0.15) is 6.54 Å². The van der Waals surface area contributed by atoms with Crippen molar-refractivity contribution in [3.8, 4) is 11.5 Å². The summed E-state index contributed by atoms with van der Waals surface area (Å²) in [6.07, 6.45) is 0.214. The third kappa shape index (κ3) is 5.55. The monoisotopic (exact) mass is 436 g/mol. The van der Waals surface area contributed by atoms with Gasteiger partial charge in [-0.25, -0.2) is 0 Å². The van der Waals surface area contributed by atoms with Gasteiger partial charge in [0.25, 0.3) is 0 Å². The van der Waals surface area contributed by atoms with Gasteiger partial charge in [0.05, 0.1) is 6.42 Å². The number of anilines is 1. The molecule has 2 amide bonds. The predicted molar refractivity (Wildman–Crippen MR) is 118 cm³/mol. The average Bonchev–Trinajstić information content (AvgIpc) is 3.23. The van der Waals surface area contributed by atoms with Gasteiger partial charge < -0.3 is 19.7 Å². The number of fused-ring (bicyclic) bond motifs is 1. The minimum Gasteiger partial charge on any atom is -0.454 e. The standard InChI is InChI=1S/C24H21ClN2O4/c25-19-8-6-18(7-9-19)14-27(24(29)12-17-4-2-1-3-5-17)15-23(28)26-20-10-11-21-22(13-20)31-16-30-21/h1-11,13H,12,14-16H2,(H,26,28). The van der Waals surface area contributed by atoms with E-state index in [0.717, 1.165) is 11.1 Å². The quantitative estimate of drug-likeness (QED) is 0.600. The number of benzene rings is 3. The Balaban J connectivity index is 1.46. The lowest BCUT2D eigenvalue weighted by molar-refractivity contribution is -0.134. The smallest absolute Gasteiger partial charge is 0.244 e. The van der Waals surface area contributed by atoms with Crippen LogP contribution in [-0.4, -0.2) is 30.1 Å². The highest BCUT2D eigenvalue weighted by molar-refractivity contribution is 6.30. The summed E-state index contributed by atoms with van der Waals surface area (Å²) in [6.45, 7) is 0.385. The second-order valence-electron chi connectivity index (χ2n) is 7.15. The van der Waals surface area contributed by atoms with Crippen molar-refractivity contribution in [1.82, 2.24) is 4.90 Å². The molecule has 158 valence electrons. The van der Waals surface area contributed by atoms with Crippen LogP contribution in [0.4, 0.5) is 5.69 Å². The fourth-order valence-electron chi connectivity index (χ4n) is 3.27. The van der Waals surface area contributed by atoms with Crippen LogP contribution in [0.1, 0.15) is 11.1 Å². The van der Waals surface area contributed by atoms with E-state index in [-0.39, 0.29) is 31.6 Å². The highest BCUT2D eigenvalue weighted by Gasteiger charge is 2.19. The molecular weight excluding hydrogens is 416 g/mol. The summed E-state index contributed by atoms with van der Waals surface area (Å²) in [4.78, 5) is 27.3. The summed E-state index contributed by atoms with van der Waals surface area (Å²) < 4.78 is 10.6. The van der Waals surface area contributed by atoms with Crippen molar-refractivity contribution in [3.63, 3.8) is 0 Å². The van der Waals surface area contributed by atoms with Crippen molar-refractivity contribution >= 4 is 29.1 Å². The van der Waals surface area contributed by atoms with Crippen molar-refractivity contribution < 1.29 is 19.1 Å². The largest absolute Gasteiger partial charge is 0.454 e. The summed E-state index contributed by atoms with van der Waals surface area (Å²) >= 11 is 5.97. The molecule has 0 unspecified atom stereocenters. The molecular formula is C24H21ClN2O4. The summed E-state index contributed by atoms with van der Waals surface area (Å²) in [5.41, 5.74) is 2.36. The Hall–Kier alpha value is -3.51. The minimum absolute atomic E-state index is 0.0806. The van der Waals surface area contributed by atoms with Gasteiger partial charge in [0, 0.05) is 23.3 Å². The number of ether oxygens (including phenoxy) is 2. The maximum atomic E-state index is 13.0. The molecule has 3 aromatic rings. The van der Waals surface area contributed by atoms with E-state index in [2.05, 4.69) is 5.32 Å². The first kappa shape index (κ1) is 20.8. The van der Waals surface area contributed by atoms with E-state index in [0.29, 0.717) is 28.8 Å². The SMILES string of the molecule is O=C(CN(Cc1ccc(Cl)cc1)C(=O)Cc1ccccc1)Nc1ccc2c(c1)OCO2. The Labute approximate surface area is 185 Å². The molecule has 0 fully saturated rings. The maximum absolute atomic E-state index is 13.0. The van der Waals surface area contributed by atoms with Gasteiger partial charge in [-0.15, -0.1) is 0 Å². The van der Waals surface area contributed by atoms with E-state index in [1.807, 2.05) is 42.5 Å². The summed E-state index contributed by atoms with van der Waals surface area (Å²) in [5.74, 6) is 0.785. The van der Waals surface area contributed by atoms with Crippen LogP contribution in [0.15, 0.2) is 72.8 Å². The molecule has 0 atom stereocenters. The summed E-state index contributed by atoms with van der Waals surface area (Å²) in [6, 6.07) is 21.9. The van der Waals surface area contributed by atoms with Crippen LogP contribution in [0.2, 0.25) is 5.02 Å². The van der Waals surface area contributed by atoms with E-state index < -0.39 is 0 Å². The molecule has 1 aliphatic heterocycles. The Kier molecular flexibility index (Phi) is 6.38. The zero-order valence-electron chi connectivity index (χ0n) is 16.7. The molecule has 0 saturated heterocycles. The number of hydrogen-bond acceptors (Lipinski definition) is 4.